The van der Waals surface area contributed by atoms with Crippen molar-refractivity contribution in [1.82, 2.24) is 9.55 Å². The summed E-state index contributed by atoms with van der Waals surface area (Å²) in [5.74, 6) is 0.112. The number of hydrogen-bond acceptors (Lipinski definition) is 6. The van der Waals surface area contributed by atoms with Crippen LogP contribution in [0, 0.1) is 0 Å². The van der Waals surface area contributed by atoms with Gasteiger partial charge in [-0.3, -0.25) is 14.3 Å². The summed E-state index contributed by atoms with van der Waals surface area (Å²) in [5, 5.41) is 3.15. The first-order chi connectivity index (χ1) is 9.89. The Morgan fingerprint density at radius 1 is 1.57 bits per heavy atom. The van der Waals surface area contributed by atoms with Crippen molar-refractivity contribution >= 4 is 11.5 Å². The smallest absolute Gasteiger partial charge is 0.330 e. The fourth-order valence-corrected chi connectivity index (χ4v) is 2.40. The van der Waals surface area contributed by atoms with Crippen LogP contribution in [0.1, 0.15) is 20.3 Å². The van der Waals surface area contributed by atoms with Crippen molar-refractivity contribution < 1.29 is 9.47 Å². The Bertz CT molecular complexity index is 624. The van der Waals surface area contributed by atoms with Crippen LogP contribution in [-0.2, 0) is 16.0 Å². The highest BCUT2D eigenvalue weighted by molar-refractivity contribution is 5.62. The van der Waals surface area contributed by atoms with Gasteiger partial charge in [-0.25, -0.2) is 4.79 Å². The highest BCUT2D eigenvalue weighted by Crippen LogP contribution is 2.29. The van der Waals surface area contributed by atoms with Gasteiger partial charge in [-0.1, -0.05) is 0 Å². The largest absolute Gasteiger partial charge is 0.383 e. The molecule has 8 heteroatoms. The molecular formula is C13H22N4O4. The normalized spacial score (nSPS) is 25.2. The van der Waals surface area contributed by atoms with Gasteiger partial charge in [0.15, 0.2) is 0 Å². The molecule has 1 aromatic heterocycles. The van der Waals surface area contributed by atoms with Gasteiger partial charge in [0.05, 0.1) is 24.8 Å². The van der Waals surface area contributed by atoms with Crippen LogP contribution in [0.4, 0.5) is 11.5 Å². The third kappa shape index (κ3) is 2.96. The van der Waals surface area contributed by atoms with Crippen molar-refractivity contribution in [2.45, 2.75) is 38.5 Å². The molecule has 1 aromatic rings. The lowest BCUT2D eigenvalue weighted by atomic mass is 9.94. The highest BCUT2D eigenvalue weighted by Gasteiger charge is 2.38. The number of anilines is 2. The molecule has 1 aliphatic heterocycles. The van der Waals surface area contributed by atoms with Gasteiger partial charge in [0.25, 0.3) is 5.56 Å². The van der Waals surface area contributed by atoms with Gasteiger partial charge in [0.1, 0.15) is 11.5 Å². The van der Waals surface area contributed by atoms with E-state index < -0.39 is 16.8 Å². The van der Waals surface area contributed by atoms with Crippen LogP contribution >= 0.6 is 0 Å². The molecule has 0 radical (unpaired) electrons. The van der Waals surface area contributed by atoms with Crippen LogP contribution in [0.3, 0.4) is 0 Å². The number of aromatic amines is 1. The number of methoxy groups -OCH3 is 1. The average molecular weight is 298 g/mol. The Morgan fingerprint density at radius 2 is 2.29 bits per heavy atom. The standard InChI is InChI=1S/C13H22N4O4/c1-8-13(2,4-6-21-8)16-9-10(14)17(5-7-20-3)12(19)15-11(9)18/h8,16H,4-7,14H2,1-3H3,(H,15,18,19). The number of hydrogen-bond donors (Lipinski definition) is 3. The summed E-state index contributed by atoms with van der Waals surface area (Å²) in [7, 11) is 1.53. The van der Waals surface area contributed by atoms with Gasteiger partial charge < -0.3 is 20.5 Å². The zero-order valence-corrected chi connectivity index (χ0v) is 12.6. The molecule has 1 aliphatic rings. The summed E-state index contributed by atoms with van der Waals surface area (Å²) >= 11 is 0. The Hall–Kier alpha value is -1.80. The second-order valence-electron chi connectivity index (χ2n) is 5.47. The Balaban J connectivity index is 2.39. The lowest BCUT2D eigenvalue weighted by Gasteiger charge is -2.30. The summed E-state index contributed by atoms with van der Waals surface area (Å²) < 4.78 is 11.8. The molecule has 0 bridgehead atoms. The number of nitrogen functional groups attached to an aromatic ring is 1. The minimum atomic E-state index is -0.541. The Labute approximate surface area is 122 Å². The van der Waals surface area contributed by atoms with Crippen LogP contribution in [-0.4, -0.2) is 41.5 Å². The third-order valence-corrected chi connectivity index (χ3v) is 4.06. The molecule has 2 heterocycles. The summed E-state index contributed by atoms with van der Waals surface area (Å²) in [5.41, 5.74) is 4.73. The van der Waals surface area contributed by atoms with Gasteiger partial charge in [-0.2, -0.15) is 0 Å². The number of ether oxygens (including phenoxy) is 2. The molecule has 4 N–H and O–H groups in total. The first kappa shape index (κ1) is 15.6. The quantitative estimate of drug-likeness (QED) is 0.691. The summed E-state index contributed by atoms with van der Waals surface area (Å²) in [6, 6.07) is 0. The van der Waals surface area contributed by atoms with Crippen molar-refractivity contribution in [2.75, 3.05) is 31.4 Å². The van der Waals surface area contributed by atoms with E-state index in [9.17, 15) is 9.59 Å². The van der Waals surface area contributed by atoms with Gasteiger partial charge in [-0.05, 0) is 20.3 Å². The van der Waals surface area contributed by atoms with Gasteiger partial charge in [0.2, 0.25) is 0 Å². The first-order valence-electron chi connectivity index (χ1n) is 6.90. The zero-order valence-electron chi connectivity index (χ0n) is 12.6. The van der Waals surface area contributed by atoms with Crippen LogP contribution in [0.25, 0.3) is 0 Å². The number of nitrogens with zero attached hydrogens (tertiary/aromatic N) is 1. The molecule has 2 unspecified atom stereocenters. The average Bonchev–Trinajstić information content (AvgIpc) is 2.75. The Morgan fingerprint density at radius 3 is 2.86 bits per heavy atom. The van der Waals surface area contributed by atoms with E-state index in [-0.39, 0.29) is 24.2 Å². The van der Waals surface area contributed by atoms with E-state index in [4.69, 9.17) is 15.2 Å². The summed E-state index contributed by atoms with van der Waals surface area (Å²) in [4.78, 5) is 26.1. The summed E-state index contributed by atoms with van der Waals surface area (Å²) in [6.07, 6.45) is 0.695. The topological polar surface area (TPSA) is 111 Å². The minimum absolute atomic E-state index is 0.0596. The maximum absolute atomic E-state index is 12.0. The lowest BCUT2D eigenvalue weighted by molar-refractivity contribution is 0.105. The third-order valence-electron chi connectivity index (χ3n) is 4.06. The molecule has 2 atom stereocenters. The first-order valence-corrected chi connectivity index (χ1v) is 6.90. The molecule has 8 nitrogen and oxygen atoms in total. The molecule has 0 spiro atoms. The Kier molecular flexibility index (Phi) is 4.38. The number of nitrogens with one attached hydrogen (secondary N) is 2. The summed E-state index contributed by atoms with van der Waals surface area (Å²) in [6.45, 7) is 5.12. The maximum atomic E-state index is 12.0. The van der Waals surface area contributed by atoms with Crippen LogP contribution in [0.5, 0.6) is 0 Å². The predicted octanol–water partition coefficient (Wildman–Crippen LogP) is -0.255. The van der Waals surface area contributed by atoms with Crippen molar-refractivity contribution in [3.63, 3.8) is 0 Å². The molecule has 1 fully saturated rings. The highest BCUT2D eigenvalue weighted by atomic mass is 16.5. The van der Waals surface area contributed by atoms with Gasteiger partial charge in [-0.15, -0.1) is 0 Å². The van der Waals surface area contributed by atoms with E-state index in [2.05, 4.69) is 10.3 Å². The molecule has 2 rings (SSSR count). The second kappa shape index (κ2) is 5.90. The number of H-pyrrole nitrogens is 1. The maximum Gasteiger partial charge on any atom is 0.330 e. The molecular weight excluding hydrogens is 276 g/mol. The molecule has 0 saturated carbocycles. The molecule has 118 valence electrons. The van der Waals surface area contributed by atoms with Crippen LogP contribution in [0.15, 0.2) is 9.59 Å². The van der Waals surface area contributed by atoms with Crippen molar-refractivity contribution in [3.05, 3.63) is 20.8 Å². The van der Waals surface area contributed by atoms with Crippen LogP contribution < -0.4 is 22.3 Å². The lowest BCUT2D eigenvalue weighted by Crippen LogP contribution is -2.45. The fourth-order valence-electron chi connectivity index (χ4n) is 2.40. The molecule has 0 aromatic carbocycles. The zero-order chi connectivity index (χ0) is 15.6. The van der Waals surface area contributed by atoms with E-state index in [1.807, 2.05) is 13.8 Å². The SMILES string of the molecule is COCCn1c(N)c(NC2(C)CCOC2C)c(=O)[nH]c1=O. The van der Waals surface area contributed by atoms with Crippen molar-refractivity contribution in [1.29, 1.82) is 0 Å². The van der Waals surface area contributed by atoms with Crippen molar-refractivity contribution in [3.8, 4) is 0 Å². The van der Waals surface area contributed by atoms with E-state index in [1.165, 1.54) is 11.7 Å². The van der Waals surface area contributed by atoms with Crippen LogP contribution in [0.2, 0.25) is 0 Å². The van der Waals surface area contributed by atoms with E-state index in [0.29, 0.717) is 13.2 Å². The number of rotatable bonds is 5. The number of nitrogens with two attached hydrogens (primary N) is 1. The predicted molar refractivity (Wildman–Crippen MR) is 79.7 cm³/mol. The van der Waals surface area contributed by atoms with Gasteiger partial charge >= 0.3 is 5.69 Å². The molecule has 21 heavy (non-hydrogen) atoms. The van der Waals surface area contributed by atoms with E-state index >= 15 is 0 Å². The molecule has 1 saturated heterocycles. The molecule has 0 amide bonds. The van der Waals surface area contributed by atoms with Crippen molar-refractivity contribution in [2.24, 2.45) is 0 Å². The molecule has 0 aliphatic carbocycles. The minimum Gasteiger partial charge on any atom is -0.383 e. The fraction of sp³-hybridized carbons (Fsp3) is 0.692. The monoisotopic (exact) mass is 298 g/mol. The van der Waals surface area contributed by atoms with E-state index in [0.717, 1.165) is 6.42 Å². The van der Waals surface area contributed by atoms with E-state index in [1.54, 1.807) is 0 Å². The van der Waals surface area contributed by atoms with Gasteiger partial charge in [0, 0.05) is 13.7 Å². The number of aromatic nitrogens is 2. The second-order valence-corrected chi connectivity index (χ2v) is 5.47.